The van der Waals surface area contributed by atoms with E-state index in [1.807, 2.05) is 19.1 Å². The van der Waals surface area contributed by atoms with Gasteiger partial charge in [0.25, 0.3) is 0 Å². The van der Waals surface area contributed by atoms with Gasteiger partial charge in [-0.15, -0.1) is 0 Å². The number of aromatic nitrogens is 1. The molecule has 0 spiro atoms. The van der Waals surface area contributed by atoms with E-state index in [0.717, 1.165) is 12.1 Å². The highest BCUT2D eigenvalue weighted by molar-refractivity contribution is 7.84. The highest BCUT2D eigenvalue weighted by atomic mass is 35.5. The molecular weight excluding hydrogens is 232 g/mol. The fourth-order valence-corrected chi connectivity index (χ4v) is 1.81. The maximum absolute atomic E-state index is 10.9. The lowest BCUT2D eigenvalue weighted by Gasteiger charge is -2.13. The van der Waals surface area contributed by atoms with Crippen LogP contribution in [0.2, 0.25) is 5.15 Å². The van der Waals surface area contributed by atoms with E-state index in [1.54, 1.807) is 12.5 Å². The predicted molar refractivity (Wildman–Crippen MR) is 64.6 cm³/mol. The van der Waals surface area contributed by atoms with Crippen molar-refractivity contribution in [1.82, 2.24) is 10.3 Å². The van der Waals surface area contributed by atoms with Crippen LogP contribution in [-0.2, 0) is 10.8 Å². The van der Waals surface area contributed by atoms with Crippen LogP contribution in [-0.4, -0.2) is 27.7 Å². The molecule has 5 heteroatoms. The molecule has 0 fully saturated rings. The van der Waals surface area contributed by atoms with E-state index >= 15 is 0 Å². The Morgan fingerprint density at radius 2 is 2.40 bits per heavy atom. The van der Waals surface area contributed by atoms with Crippen molar-refractivity contribution in [2.75, 3.05) is 18.6 Å². The van der Waals surface area contributed by atoms with E-state index in [1.165, 1.54) is 0 Å². The van der Waals surface area contributed by atoms with Crippen molar-refractivity contribution < 1.29 is 4.21 Å². The normalized spacial score (nSPS) is 14.9. The molecular formula is C10H15ClN2OS. The Morgan fingerprint density at radius 3 is 3.00 bits per heavy atom. The van der Waals surface area contributed by atoms with Crippen LogP contribution < -0.4 is 5.32 Å². The quantitative estimate of drug-likeness (QED) is 0.806. The number of nitrogens with one attached hydrogen (secondary N) is 1. The lowest BCUT2D eigenvalue weighted by Crippen LogP contribution is -2.23. The van der Waals surface area contributed by atoms with Gasteiger partial charge >= 0.3 is 0 Å². The number of nitrogens with zero attached hydrogens (tertiary/aromatic N) is 1. The van der Waals surface area contributed by atoms with Gasteiger partial charge in [0.15, 0.2) is 0 Å². The lowest BCUT2D eigenvalue weighted by molar-refractivity contribution is 0.596. The zero-order chi connectivity index (χ0) is 11.3. The minimum absolute atomic E-state index is 0.203. The highest BCUT2D eigenvalue weighted by Crippen LogP contribution is 2.14. The Labute approximate surface area is 97.7 Å². The SMILES string of the molecule is CC(NCCS(C)=O)c1ccnc(Cl)c1. The fourth-order valence-electron chi connectivity index (χ4n) is 1.22. The van der Waals surface area contributed by atoms with Crippen molar-refractivity contribution in [3.63, 3.8) is 0 Å². The molecule has 1 rings (SSSR count). The molecule has 1 aromatic heterocycles. The second-order valence-electron chi connectivity index (χ2n) is 3.37. The average Bonchev–Trinajstić information content (AvgIpc) is 2.17. The van der Waals surface area contributed by atoms with Gasteiger partial charge in [-0.25, -0.2) is 4.98 Å². The van der Waals surface area contributed by atoms with Gasteiger partial charge < -0.3 is 5.32 Å². The molecule has 1 heterocycles. The number of hydrogen-bond donors (Lipinski definition) is 1. The Bertz CT molecular complexity index is 346. The average molecular weight is 247 g/mol. The molecule has 3 nitrogen and oxygen atoms in total. The van der Waals surface area contributed by atoms with Gasteiger partial charge in [-0.3, -0.25) is 4.21 Å². The van der Waals surface area contributed by atoms with Crippen molar-refractivity contribution >= 4 is 22.4 Å². The zero-order valence-corrected chi connectivity index (χ0v) is 10.4. The van der Waals surface area contributed by atoms with E-state index in [-0.39, 0.29) is 6.04 Å². The number of pyridine rings is 1. The zero-order valence-electron chi connectivity index (χ0n) is 8.87. The summed E-state index contributed by atoms with van der Waals surface area (Å²) in [6.45, 7) is 2.79. The first kappa shape index (κ1) is 12.6. The highest BCUT2D eigenvalue weighted by Gasteiger charge is 2.05. The van der Waals surface area contributed by atoms with Gasteiger partial charge in [0.05, 0.1) is 0 Å². The summed E-state index contributed by atoms with van der Waals surface area (Å²) < 4.78 is 10.9. The Balaban J connectivity index is 2.46. The van der Waals surface area contributed by atoms with Crippen LogP contribution in [0, 0.1) is 0 Å². The smallest absolute Gasteiger partial charge is 0.129 e. The van der Waals surface area contributed by atoms with Crippen LogP contribution >= 0.6 is 11.6 Å². The third kappa shape index (κ3) is 4.73. The number of rotatable bonds is 5. The van der Waals surface area contributed by atoms with Gasteiger partial charge in [0.1, 0.15) is 5.15 Å². The first-order valence-electron chi connectivity index (χ1n) is 4.74. The van der Waals surface area contributed by atoms with Crippen molar-refractivity contribution in [3.05, 3.63) is 29.0 Å². The first-order valence-corrected chi connectivity index (χ1v) is 6.85. The number of hydrogen-bond acceptors (Lipinski definition) is 3. The molecule has 0 aliphatic rings. The van der Waals surface area contributed by atoms with E-state index in [4.69, 9.17) is 11.6 Å². The van der Waals surface area contributed by atoms with Crippen molar-refractivity contribution in [1.29, 1.82) is 0 Å². The minimum Gasteiger partial charge on any atom is -0.309 e. The number of halogens is 1. The maximum Gasteiger partial charge on any atom is 0.129 e. The molecule has 2 unspecified atom stereocenters. The monoisotopic (exact) mass is 246 g/mol. The van der Waals surface area contributed by atoms with Gasteiger partial charge in [0, 0.05) is 41.6 Å². The molecule has 0 aliphatic carbocycles. The topological polar surface area (TPSA) is 42.0 Å². The second kappa shape index (κ2) is 6.20. The summed E-state index contributed by atoms with van der Waals surface area (Å²) in [5.74, 6) is 0.670. The molecule has 2 atom stereocenters. The molecule has 0 saturated carbocycles. The summed E-state index contributed by atoms with van der Waals surface area (Å²) >= 11 is 5.79. The van der Waals surface area contributed by atoms with Crippen LogP contribution in [0.15, 0.2) is 18.3 Å². The molecule has 0 aliphatic heterocycles. The molecule has 1 aromatic rings. The van der Waals surface area contributed by atoms with Crippen molar-refractivity contribution in [2.24, 2.45) is 0 Å². The Hall–Kier alpha value is -0.450. The van der Waals surface area contributed by atoms with Gasteiger partial charge in [0.2, 0.25) is 0 Å². The first-order chi connectivity index (χ1) is 7.09. The van der Waals surface area contributed by atoms with Crippen LogP contribution in [0.25, 0.3) is 0 Å². The van der Waals surface area contributed by atoms with Crippen LogP contribution in [0.1, 0.15) is 18.5 Å². The van der Waals surface area contributed by atoms with Crippen molar-refractivity contribution in [3.8, 4) is 0 Å². The van der Waals surface area contributed by atoms with Crippen LogP contribution in [0.5, 0.6) is 0 Å². The van der Waals surface area contributed by atoms with Gasteiger partial charge in [-0.2, -0.15) is 0 Å². The van der Waals surface area contributed by atoms with E-state index < -0.39 is 10.8 Å². The molecule has 0 radical (unpaired) electrons. The van der Waals surface area contributed by atoms with Gasteiger partial charge in [-0.05, 0) is 24.6 Å². The second-order valence-corrected chi connectivity index (χ2v) is 5.31. The largest absolute Gasteiger partial charge is 0.309 e. The van der Waals surface area contributed by atoms with Crippen molar-refractivity contribution in [2.45, 2.75) is 13.0 Å². The fraction of sp³-hybridized carbons (Fsp3) is 0.500. The summed E-state index contributed by atoms with van der Waals surface area (Å²) in [6.07, 6.45) is 3.39. The Kier molecular flexibility index (Phi) is 5.22. The Morgan fingerprint density at radius 1 is 1.67 bits per heavy atom. The summed E-state index contributed by atoms with van der Waals surface area (Å²) in [7, 11) is -0.744. The van der Waals surface area contributed by atoms with Crippen LogP contribution in [0.4, 0.5) is 0 Å². The molecule has 0 saturated heterocycles. The maximum atomic E-state index is 10.9. The minimum atomic E-state index is -0.744. The molecule has 15 heavy (non-hydrogen) atoms. The summed E-state index contributed by atoms with van der Waals surface area (Å²) in [6, 6.07) is 3.96. The molecule has 0 amide bonds. The summed E-state index contributed by atoms with van der Waals surface area (Å²) in [4.78, 5) is 3.92. The molecule has 0 aromatic carbocycles. The summed E-state index contributed by atoms with van der Waals surface area (Å²) in [5.41, 5.74) is 1.09. The third-order valence-corrected chi connectivity index (χ3v) is 3.08. The van der Waals surface area contributed by atoms with E-state index in [0.29, 0.717) is 10.9 Å². The molecule has 1 N–H and O–H groups in total. The summed E-state index contributed by atoms with van der Waals surface area (Å²) in [5, 5.41) is 3.78. The lowest BCUT2D eigenvalue weighted by atomic mass is 10.1. The third-order valence-electron chi connectivity index (χ3n) is 2.09. The molecule has 0 bridgehead atoms. The van der Waals surface area contributed by atoms with Crippen LogP contribution in [0.3, 0.4) is 0 Å². The van der Waals surface area contributed by atoms with E-state index in [9.17, 15) is 4.21 Å². The standard InChI is InChI=1S/C10H15ClN2OS/c1-8(12-5-6-15(2)14)9-3-4-13-10(11)7-9/h3-4,7-8,12H,5-6H2,1-2H3. The molecule has 84 valence electrons. The van der Waals surface area contributed by atoms with Gasteiger partial charge in [-0.1, -0.05) is 11.6 Å². The van der Waals surface area contributed by atoms with E-state index in [2.05, 4.69) is 10.3 Å². The predicted octanol–water partition coefficient (Wildman–Crippen LogP) is 1.76.